The first-order chi connectivity index (χ1) is 13.8. The molecule has 1 aromatic carbocycles. The monoisotopic (exact) mass is 375 g/mol. The number of benzene rings is 1. The van der Waals surface area contributed by atoms with Gasteiger partial charge in [0, 0.05) is 43.2 Å². The molecule has 2 aromatic heterocycles. The fourth-order valence-electron chi connectivity index (χ4n) is 4.48. The van der Waals surface area contributed by atoms with Gasteiger partial charge in [0.05, 0.1) is 6.04 Å². The molecular formula is C22H25N5O. The molecule has 0 spiro atoms. The number of hydrogen-bond acceptors (Lipinski definition) is 3. The van der Waals surface area contributed by atoms with E-state index in [-0.39, 0.29) is 11.9 Å². The number of rotatable bonds is 3. The van der Waals surface area contributed by atoms with Crippen LogP contribution in [0.2, 0.25) is 0 Å². The molecule has 2 aliphatic heterocycles. The summed E-state index contributed by atoms with van der Waals surface area (Å²) in [5.74, 6) is 2.15. The summed E-state index contributed by atoms with van der Waals surface area (Å²) in [5.41, 5.74) is 1.79. The van der Waals surface area contributed by atoms with Crippen LogP contribution in [0.1, 0.15) is 60.2 Å². The Morgan fingerprint density at radius 1 is 0.929 bits per heavy atom. The predicted molar refractivity (Wildman–Crippen MR) is 106 cm³/mol. The molecule has 1 saturated heterocycles. The van der Waals surface area contributed by atoms with E-state index < -0.39 is 0 Å². The number of nitrogens with zero attached hydrogens (tertiary/aromatic N) is 5. The average Bonchev–Trinajstić information content (AvgIpc) is 3.46. The molecule has 6 nitrogen and oxygen atoms in total. The van der Waals surface area contributed by atoms with Gasteiger partial charge in [-0.05, 0) is 62.1 Å². The van der Waals surface area contributed by atoms with Gasteiger partial charge in [0.25, 0.3) is 5.91 Å². The minimum atomic E-state index is 0.0379. The summed E-state index contributed by atoms with van der Waals surface area (Å²) in [7, 11) is 0. The highest BCUT2D eigenvalue weighted by Gasteiger charge is 2.34. The normalized spacial score (nSPS) is 19.4. The van der Waals surface area contributed by atoms with Crippen molar-refractivity contribution in [1.29, 1.82) is 0 Å². The van der Waals surface area contributed by atoms with E-state index in [1.54, 1.807) is 0 Å². The van der Waals surface area contributed by atoms with Gasteiger partial charge in [-0.1, -0.05) is 6.42 Å². The molecule has 0 aliphatic carbocycles. The first-order valence-electron chi connectivity index (χ1n) is 10.3. The number of hydrogen-bond donors (Lipinski definition) is 0. The molecule has 1 atom stereocenters. The Morgan fingerprint density at radius 3 is 2.57 bits per heavy atom. The predicted octanol–water partition coefficient (Wildman–Crippen LogP) is 3.77. The van der Waals surface area contributed by atoms with Crippen LogP contribution in [-0.4, -0.2) is 36.7 Å². The summed E-state index contributed by atoms with van der Waals surface area (Å²) >= 11 is 0. The molecule has 1 amide bonds. The molecule has 0 bridgehead atoms. The van der Waals surface area contributed by atoms with Crippen molar-refractivity contribution in [3.05, 3.63) is 66.0 Å². The lowest BCUT2D eigenvalue weighted by Gasteiger charge is -2.25. The van der Waals surface area contributed by atoms with Crippen molar-refractivity contribution in [1.82, 2.24) is 24.2 Å². The lowest BCUT2D eigenvalue weighted by molar-refractivity contribution is 0.0727. The van der Waals surface area contributed by atoms with Crippen molar-refractivity contribution >= 4 is 5.91 Å². The second-order valence-corrected chi connectivity index (χ2v) is 7.73. The number of carbonyl (C=O) groups excluding carboxylic acids is 1. The zero-order valence-electron chi connectivity index (χ0n) is 16.0. The fraction of sp³-hybridized carbons (Fsp3) is 0.409. The third-order valence-electron chi connectivity index (χ3n) is 5.97. The maximum atomic E-state index is 13.2. The molecule has 28 heavy (non-hydrogen) atoms. The standard InChI is InChI=1S/C22H25N5O/c28-22(17-9-11-18(12-10-17)25-13-4-5-14-25)26-16-6-7-19(26)21-24-23-20-8-2-1-3-15-27(20)21/h4-5,9-14,19H,1-3,6-8,15-16H2. The molecule has 6 heteroatoms. The highest BCUT2D eigenvalue weighted by atomic mass is 16.2. The van der Waals surface area contributed by atoms with Crippen molar-refractivity contribution in [3.8, 4) is 5.69 Å². The van der Waals surface area contributed by atoms with Crippen LogP contribution in [-0.2, 0) is 13.0 Å². The molecule has 0 radical (unpaired) electrons. The Hall–Kier alpha value is -2.89. The Bertz CT molecular complexity index is 957. The van der Waals surface area contributed by atoms with Crippen molar-refractivity contribution in [3.63, 3.8) is 0 Å². The molecule has 1 unspecified atom stereocenters. The van der Waals surface area contributed by atoms with Crippen molar-refractivity contribution in [2.24, 2.45) is 0 Å². The number of fused-ring (bicyclic) bond motifs is 1. The van der Waals surface area contributed by atoms with Gasteiger partial charge in [0.1, 0.15) is 5.82 Å². The van der Waals surface area contributed by atoms with Crippen LogP contribution >= 0.6 is 0 Å². The Kier molecular flexibility index (Phi) is 4.47. The quantitative estimate of drug-likeness (QED) is 0.700. The summed E-state index contributed by atoms with van der Waals surface area (Å²) < 4.78 is 4.32. The van der Waals surface area contributed by atoms with E-state index in [9.17, 15) is 4.79 Å². The molecule has 1 fully saturated rings. The van der Waals surface area contributed by atoms with Crippen molar-refractivity contribution < 1.29 is 4.79 Å². The summed E-state index contributed by atoms with van der Waals surface area (Å²) in [6, 6.07) is 11.9. The zero-order valence-corrected chi connectivity index (χ0v) is 16.0. The van der Waals surface area contributed by atoms with Crippen molar-refractivity contribution in [2.75, 3.05) is 6.54 Å². The molecular weight excluding hydrogens is 350 g/mol. The lowest BCUT2D eigenvalue weighted by atomic mass is 10.1. The Balaban J connectivity index is 1.40. The van der Waals surface area contributed by atoms with Gasteiger partial charge in [0.15, 0.2) is 5.82 Å². The van der Waals surface area contributed by atoms with Gasteiger partial charge in [-0.3, -0.25) is 4.79 Å². The van der Waals surface area contributed by atoms with Crippen LogP contribution < -0.4 is 0 Å². The molecule has 2 aliphatic rings. The minimum Gasteiger partial charge on any atom is -0.328 e. The van der Waals surface area contributed by atoms with Gasteiger partial charge >= 0.3 is 0 Å². The van der Waals surface area contributed by atoms with Crippen LogP contribution in [0.4, 0.5) is 0 Å². The number of aryl methyl sites for hydroxylation is 1. The maximum Gasteiger partial charge on any atom is 0.254 e. The van der Waals surface area contributed by atoms with Gasteiger partial charge in [-0.2, -0.15) is 0 Å². The number of amides is 1. The Morgan fingerprint density at radius 2 is 1.75 bits per heavy atom. The minimum absolute atomic E-state index is 0.0379. The van der Waals surface area contributed by atoms with E-state index >= 15 is 0 Å². The van der Waals surface area contributed by atoms with E-state index in [1.165, 1.54) is 19.3 Å². The van der Waals surface area contributed by atoms with E-state index in [4.69, 9.17) is 0 Å². The number of likely N-dealkylation sites (tertiary alicyclic amines) is 1. The third-order valence-corrected chi connectivity index (χ3v) is 5.97. The van der Waals surface area contributed by atoms with Gasteiger partial charge < -0.3 is 14.0 Å². The zero-order chi connectivity index (χ0) is 18.9. The second kappa shape index (κ2) is 7.26. The van der Waals surface area contributed by atoms with Crippen LogP contribution in [0.5, 0.6) is 0 Å². The second-order valence-electron chi connectivity index (χ2n) is 7.73. The molecule has 0 saturated carbocycles. The number of carbonyl (C=O) groups is 1. The van der Waals surface area contributed by atoms with Crippen LogP contribution in [0.25, 0.3) is 5.69 Å². The molecule has 3 aromatic rings. The van der Waals surface area contributed by atoms with Gasteiger partial charge in [0.2, 0.25) is 0 Å². The number of aromatic nitrogens is 4. The smallest absolute Gasteiger partial charge is 0.254 e. The van der Waals surface area contributed by atoms with Gasteiger partial charge in [-0.15, -0.1) is 10.2 Å². The van der Waals surface area contributed by atoms with E-state index in [0.29, 0.717) is 0 Å². The molecule has 144 valence electrons. The van der Waals surface area contributed by atoms with E-state index in [2.05, 4.69) is 14.8 Å². The van der Waals surface area contributed by atoms with E-state index in [1.807, 2.05) is 58.3 Å². The van der Waals surface area contributed by atoms with Crippen molar-refractivity contribution in [2.45, 2.75) is 51.1 Å². The SMILES string of the molecule is O=C(c1ccc(-n2cccc2)cc1)N1CCCC1c1nnc2n1CCCCC2. The summed E-state index contributed by atoms with van der Waals surface area (Å²) in [5, 5.41) is 8.95. The summed E-state index contributed by atoms with van der Waals surface area (Å²) in [6.45, 7) is 1.76. The first-order valence-corrected chi connectivity index (χ1v) is 10.3. The molecule has 5 rings (SSSR count). The summed E-state index contributed by atoms with van der Waals surface area (Å²) in [6.07, 6.45) is 10.6. The summed E-state index contributed by atoms with van der Waals surface area (Å²) in [4.78, 5) is 15.2. The maximum absolute atomic E-state index is 13.2. The van der Waals surface area contributed by atoms with Crippen LogP contribution in [0, 0.1) is 0 Å². The average molecular weight is 375 g/mol. The van der Waals surface area contributed by atoms with Crippen LogP contribution in [0.15, 0.2) is 48.8 Å². The fourth-order valence-corrected chi connectivity index (χ4v) is 4.48. The Labute approximate surface area is 164 Å². The molecule has 4 heterocycles. The largest absolute Gasteiger partial charge is 0.328 e. The first kappa shape index (κ1) is 17.2. The topological polar surface area (TPSA) is 56.0 Å². The highest BCUT2D eigenvalue weighted by Crippen LogP contribution is 2.33. The molecule has 0 N–H and O–H groups in total. The third kappa shape index (κ3) is 3.03. The highest BCUT2D eigenvalue weighted by molar-refractivity contribution is 5.94. The lowest BCUT2D eigenvalue weighted by Crippen LogP contribution is -2.32. The van der Waals surface area contributed by atoms with Gasteiger partial charge in [-0.25, -0.2) is 0 Å². The van der Waals surface area contributed by atoms with Crippen LogP contribution in [0.3, 0.4) is 0 Å². The van der Waals surface area contributed by atoms with E-state index in [0.717, 1.165) is 55.3 Å².